The molecule has 126 valence electrons. The number of hydrogen-bond donors (Lipinski definition) is 0. The highest BCUT2D eigenvalue weighted by Crippen LogP contribution is 2.27. The summed E-state index contributed by atoms with van der Waals surface area (Å²) in [5.74, 6) is 1.12. The molecule has 3 saturated heterocycles. The van der Waals surface area contributed by atoms with Crippen molar-refractivity contribution in [3.63, 3.8) is 0 Å². The lowest BCUT2D eigenvalue weighted by Crippen LogP contribution is -2.47. The van der Waals surface area contributed by atoms with E-state index >= 15 is 0 Å². The third kappa shape index (κ3) is 3.42. The van der Waals surface area contributed by atoms with Gasteiger partial charge in [0.15, 0.2) is 0 Å². The zero-order valence-electron chi connectivity index (χ0n) is 14.0. The van der Waals surface area contributed by atoms with Crippen LogP contribution in [0.5, 0.6) is 0 Å². The zero-order valence-corrected chi connectivity index (χ0v) is 14.8. The van der Waals surface area contributed by atoms with Gasteiger partial charge in [-0.2, -0.15) is 0 Å². The summed E-state index contributed by atoms with van der Waals surface area (Å²) in [5.41, 5.74) is 2.25. The van der Waals surface area contributed by atoms with Crippen molar-refractivity contribution in [2.75, 3.05) is 31.1 Å². The number of nitrogens with zero attached hydrogens (tertiary/aromatic N) is 3. The normalized spacial score (nSPS) is 24.3. The van der Waals surface area contributed by atoms with Crippen LogP contribution in [0.4, 0.5) is 5.82 Å². The van der Waals surface area contributed by atoms with Crippen molar-refractivity contribution in [1.82, 2.24) is 9.88 Å². The van der Waals surface area contributed by atoms with Gasteiger partial charge in [0, 0.05) is 35.9 Å². The Bertz CT molecular complexity index is 676. The number of pyridine rings is 1. The molecule has 2 bridgehead atoms. The van der Waals surface area contributed by atoms with E-state index in [1.165, 1.54) is 38.8 Å². The average molecular weight is 342 g/mol. The maximum Gasteiger partial charge on any atom is 0.128 e. The van der Waals surface area contributed by atoms with E-state index in [2.05, 4.69) is 28.0 Å². The first-order valence-electron chi connectivity index (χ1n) is 9.00. The predicted molar refractivity (Wildman–Crippen MR) is 101 cm³/mol. The van der Waals surface area contributed by atoms with Crippen molar-refractivity contribution < 1.29 is 0 Å². The number of halogens is 1. The number of fused-ring (bicyclic) bond motifs is 6. The van der Waals surface area contributed by atoms with E-state index in [1.807, 2.05) is 24.4 Å². The first-order chi connectivity index (χ1) is 11.8. The van der Waals surface area contributed by atoms with Crippen molar-refractivity contribution in [1.29, 1.82) is 0 Å². The van der Waals surface area contributed by atoms with Crippen LogP contribution < -0.4 is 4.90 Å². The Morgan fingerprint density at radius 2 is 1.75 bits per heavy atom. The van der Waals surface area contributed by atoms with Crippen LogP contribution in [0.15, 0.2) is 42.6 Å². The molecule has 3 aliphatic rings. The second kappa shape index (κ2) is 7.12. The third-order valence-electron chi connectivity index (χ3n) is 5.32. The molecule has 1 aromatic heterocycles. The first kappa shape index (κ1) is 15.9. The van der Waals surface area contributed by atoms with Gasteiger partial charge in [-0.25, -0.2) is 4.98 Å². The highest BCUT2D eigenvalue weighted by Gasteiger charge is 2.25. The van der Waals surface area contributed by atoms with Crippen molar-refractivity contribution in [3.05, 3.63) is 47.6 Å². The molecule has 0 saturated carbocycles. The van der Waals surface area contributed by atoms with E-state index in [0.717, 1.165) is 35.1 Å². The largest absolute Gasteiger partial charge is 0.352 e. The fourth-order valence-corrected chi connectivity index (χ4v) is 4.21. The average Bonchev–Trinajstić information content (AvgIpc) is 2.54. The molecule has 4 heterocycles. The Morgan fingerprint density at radius 3 is 2.46 bits per heavy atom. The Kier molecular flexibility index (Phi) is 4.72. The van der Waals surface area contributed by atoms with Crippen LogP contribution >= 0.6 is 11.6 Å². The molecule has 0 unspecified atom stereocenters. The van der Waals surface area contributed by atoms with E-state index < -0.39 is 0 Å². The maximum absolute atomic E-state index is 6.11. The van der Waals surface area contributed by atoms with Crippen LogP contribution in [0, 0.1) is 0 Å². The molecule has 0 atom stereocenters. The van der Waals surface area contributed by atoms with Crippen LogP contribution in [0.1, 0.15) is 25.7 Å². The van der Waals surface area contributed by atoms with Gasteiger partial charge in [-0.05, 0) is 68.6 Å². The lowest BCUT2D eigenvalue weighted by Gasteiger charge is -2.40. The van der Waals surface area contributed by atoms with Gasteiger partial charge >= 0.3 is 0 Å². The second-order valence-corrected chi connectivity index (χ2v) is 7.33. The summed E-state index contributed by atoms with van der Waals surface area (Å²) >= 11 is 6.11. The fraction of sp³-hybridized carbons (Fsp3) is 0.450. The highest BCUT2D eigenvalue weighted by molar-refractivity contribution is 6.30. The van der Waals surface area contributed by atoms with Crippen molar-refractivity contribution in [3.8, 4) is 11.1 Å². The van der Waals surface area contributed by atoms with E-state index in [0.29, 0.717) is 6.04 Å². The number of hydrogen-bond acceptors (Lipinski definition) is 3. The summed E-state index contributed by atoms with van der Waals surface area (Å²) in [6.07, 6.45) is 7.17. The van der Waals surface area contributed by atoms with Crippen molar-refractivity contribution >= 4 is 17.4 Å². The van der Waals surface area contributed by atoms with Gasteiger partial charge in [-0.1, -0.05) is 23.7 Å². The van der Waals surface area contributed by atoms with E-state index in [9.17, 15) is 0 Å². The van der Waals surface area contributed by atoms with Gasteiger partial charge in [0.1, 0.15) is 5.82 Å². The maximum atomic E-state index is 6.11. The summed E-state index contributed by atoms with van der Waals surface area (Å²) in [4.78, 5) is 9.94. The van der Waals surface area contributed by atoms with Crippen LogP contribution in [0.3, 0.4) is 0 Å². The molecule has 5 rings (SSSR count). The van der Waals surface area contributed by atoms with Crippen molar-refractivity contribution in [2.24, 2.45) is 0 Å². The topological polar surface area (TPSA) is 19.4 Å². The molecule has 2 aromatic rings. The minimum absolute atomic E-state index is 0.650. The third-order valence-corrected chi connectivity index (χ3v) is 5.56. The summed E-state index contributed by atoms with van der Waals surface area (Å²) in [7, 11) is 0. The second-order valence-electron chi connectivity index (χ2n) is 6.89. The predicted octanol–water partition coefficient (Wildman–Crippen LogP) is 4.47. The summed E-state index contributed by atoms with van der Waals surface area (Å²) < 4.78 is 0. The Morgan fingerprint density at radius 1 is 0.917 bits per heavy atom. The molecular formula is C20H24ClN3. The van der Waals surface area contributed by atoms with E-state index in [4.69, 9.17) is 16.6 Å². The molecule has 1 aromatic carbocycles. The smallest absolute Gasteiger partial charge is 0.128 e. The van der Waals surface area contributed by atoms with Gasteiger partial charge in [-0.3, -0.25) is 0 Å². The molecule has 0 radical (unpaired) electrons. The molecule has 3 nitrogen and oxygen atoms in total. The monoisotopic (exact) mass is 341 g/mol. The summed E-state index contributed by atoms with van der Waals surface area (Å²) in [6, 6.07) is 13.0. The lowest BCUT2D eigenvalue weighted by molar-refractivity contribution is 0.217. The molecule has 3 fully saturated rings. The number of rotatable bonds is 2. The van der Waals surface area contributed by atoms with Gasteiger partial charge in [0.05, 0.1) is 0 Å². The number of aromatic nitrogens is 1. The van der Waals surface area contributed by atoms with E-state index in [1.54, 1.807) is 0 Å². The van der Waals surface area contributed by atoms with Gasteiger partial charge in [0.2, 0.25) is 0 Å². The minimum atomic E-state index is 0.650. The zero-order chi connectivity index (χ0) is 16.4. The Hall–Kier alpha value is -1.58. The summed E-state index contributed by atoms with van der Waals surface area (Å²) in [6.45, 7) is 4.79. The van der Waals surface area contributed by atoms with Crippen LogP contribution in [-0.2, 0) is 0 Å². The molecule has 0 aliphatic carbocycles. The SMILES string of the molecule is Clc1cccc(-c2ccc(N3CCN4CCCC3CCC4)nc2)c1. The number of benzene rings is 1. The molecule has 0 amide bonds. The Labute approximate surface area is 149 Å². The highest BCUT2D eigenvalue weighted by atomic mass is 35.5. The van der Waals surface area contributed by atoms with Crippen molar-refractivity contribution in [2.45, 2.75) is 31.7 Å². The molecule has 0 spiro atoms. The van der Waals surface area contributed by atoms with E-state index in [-0.39, 0.29) is 0 Å². The van der Waals surface area contributed by atoms with Gasteiger partial charge in [-0.15, -0.1) is 0 Å². The van der Waals surface area contributed by atoms with Gasteiger partial charge in [0.25, 0.3) is 0 Å². The number of anilines is 1. The quantitative estimate of drug-likeness (QED) is 0.803. The van der Waals surface area contributed by atoms with Crippen LogP contribution in [0.2, 0.25) is 5.02 Å². The first-order valence-corrected chi connectivity index (χ1v) is 9.38. The summed E-state index contributed by atoms with van der Waals surface area (Å²) in [5, 5.41) is 0.766. The van der Waals surface area contributed by atoms with Crippen LogP contribution in [-0.4, -0.2) is 42.1 Å². The fourth-order valence-electron chi connectivity index (χ4n) is 4.02. The standard InChI is InChI=1S/C20H24ClN3/c21-18-5-1-4-16(14-18)17-8-9-20(22-15-17)24-13-12-23-10-2-6-19(24)7-3-11-23/h1,4-5,8-9,14-15,19H,2-3,6-7,10-13H2. The molecule has 24 heavy (non-hydrogen) atoms. The minimum Gasteiger partial charge on any atom is -0.352 e. The molecule has 0 N–H and O–H groups in total. The Balaban J connectivity index is 1.57. The lowest BCUT2D eigenvalue weighted by atomic mass is 9.99. The van der Waals surface area contributed by atoms with Gasteiger partial charge < -0.3 is 9.80 Å². The molecular weight excluding hydrogens is 318 g/mol. The van der Waals surface area contributed by atoms with Crippen LogP contribution in [0.25, 0.3) is 11.1 Å². The molecule has 3 aliphatic heterocycles. The molecule has 4 heteroatoms.